The molecule has 3 rings (SSSR count). The zero-order valence-corrected chi connectivity index (χ0v) is 15.7. The molecule has 0 spiro atoms. The second-order valence-corrected chi connectivity index (χ2v) is 9.97. The molecule has 24 heavy (non-hydrogen) atoms. The SMILES string of the molecule is CC(C)S(=O)(=O)Cc1ccc(CCc2ccc3sccc3c2)cc1. The maximum Gasteiger partial charge on any atom is 0.156 e. The van der Waals surface area contributed by atoms with E-state index >= 15 is 0 Å². The van der Waals surface area contributed by atoms with E-state index in [9.17, 15) is 8.42 Å². The largest absolute Gasteiger partial charge is 0.228 e. The highest BCUT2D eigenvalue weighted by Gasteiger charge is 2.16. The van der Waals surface area contributed by atoms with E-state index in [1.54, 1.807) is 25.2 Å². The molecule has 0 aliphatic heterocycles. The van der Waals surface area contributed by atoms with Gasteiger partial charge in [0.05, 0.1) is 11.0 Å². The molecule has 2 nitrogen and oxygen atoms in total. The van der Waals surface area contributed by atoms with Gasteiger partial charge in [-0.25, -0.2) is 8.42 Å². The van der Waals surface area contributed by atoms with Crippen molar-refractivity contribution in [3.05, 3.63) is 70.6 Å². The lowest BCUT2D eigenvalue weighted by Gasteiger charge is -2.08. The van der Waals surface area contributed by atoms with Crippen LogP contribution in [0.1, 0.15) is 30.5 Å². The number of sulfone groups is 1. The van der Waals surface area contributed by atoms with Gasteiger partial charge in [0, 0.05) is 4.70 Å². The van der Waals surface area contributed by atoms with E-state index in [0.717, 1.165) is 18.4 Å². The Bertz CT molecular complexity index is 920. The third kappa shape index (κ3) is 4.05. The van der Waals surface area contributed by atoms with Crippen molar-refractivity contribution in [3.8, 4) is 0 Å². The average molecular weight is 359 g/mol. The molecular formula is C20H22O2S2. The Morgan fingerprint density at radius 2 is 1.50 bits per heavy atom. The maximum absolute atomic E-state index is 12.0. The highest BCUT2D eigenvalue weighted by atomic mass is 32.2. The van der Waals surface area contributed by atoms with Crippen LogP contribution in [0.25, 0.3) is 10.1 Å². The first-order chi connectivity index (χ1) is 11.4. The number of rotatable bonds is 6. The standard InChI is InChI=1S/C20H22O2S2/c1-15(2)24(21,22)14-18-7-4-16(5-8-18)3-6-17-9-10-20-19(13-17)11-12-23-20/h4-5,7-13,15H,3,6,14H2,1-2H3. The summed E-state index contributed by atoms with van der Waals surface area (Å²) >= 11 is 1.77. The fourth-order valence-corrected chi connectivity index (χ4v) is 4.42. The van der Waals surface area contributed by atoms with Gasteiger partial charge >= 0.3 is 0 Å². The second kappa shape index (κ2) is 7.08. The number of hydrogen-bond acceptors (Lipinski definition) is 3. The number of aryl methyl sites for hydroxylation is 2. The summed E-state index contributed by atoms with van der Waals surface area (Å²) in [6.45, 7) is 3.46. The maximum atomic E-state index is 12.0. The zero-order valence-electron chi connectivity index (χ0n) is 14.0. The van der Waals surface area contributed by atoms with E-state index in [1.165, 1.54) is 21.2 Å². The van der Waals surface area contributed by atoms with Gasteiger partial charge in [-0.3, -0.25) is 0 Å². The summed E-state index contributed by atoms with van der Waals surface area (Å²) in [5, 5.41) is 3.11. The lowest BCUT2D eigenvalue weighted by Crippen LogP contribution is -2.15. The summed E-state index contributed by atoms with van der Waals surface area (Å²) < 4.78 is 25.3. The molecule has 0 N–H and O–H groups in total. The molecule has 0 bridgehead atoms. The highest BCUT2D eigenvalue weighted by molar-refractivity contribution is 7.91. The second-order valence-electron chi connectivity index (χ2n) is 6.47. The van der Waals surface area contributed by atoms with E-state index in [4.69, 9.17) is 0 Å². The van der Waals surface area contributed by atoms with Crippen molar-refractivity contribution < 1.29 is 8.42 Å². The van der Waals surface area contributed by atoms with Crippen LogP contribution >= 0.6 is 11.3 Å². The molecule has 0 fully saturated rings. The Kier molecular flexibility index (Phi) is 5.07. The van der Waals surface area contributed by atoms with Gasteiger partial charge in [0.25, 0.3) is 0 Å². The van der Waals surface area contributed by atoms with Gasteiger partial charge < -0.3 is 0 Å². The van der Waals surface area contributed by atoms with Crippen molar-refractivity contribution in [2.24, 2.45) is 0 Å². The quantitative estimate of drug-likeness (QED) is 0.621. The van der Waals surface area contributed by atoms with Crippen LogP contribution in [0, 0.1) is 0 Å². The van der Waals surface area contributed by atoms with Gasteiger partial charge in [-0.15, -0.1) is 11.3 Å². The monoisotopic (exact) mass is 358 g/mol. The minimum atomic E-state index is -3.03. The Morgan fingerprint density at radius 3 is 2.21 bits per heavy atom. The number of hydrogen-bond donors (Lipinski definition) is 0. The van der Waals surface area contributed by atoms with Gasteiger partial charge in [0.15, 0.2) is 9.84 Å². The first-order valence-corrected chi connectivity index (χ1v) is 10.8. The summed E-state index contributed by atoms with van der Waals surface area (Å²) in [5.74, 6) is 0.125. The molecule has 1 heterocycles. The van der Waals surface area contributed by atoms with E-state index in [1.807, 2.05) is 24.3 Å². The minimum Gasteiger partial charge on any atom is -0.228 e. The normalized spacial score (nSPS) is 12.1. The fraction of sp³-hybridized carbons (Fsp3) is 0.300. The molecule has 0 aliphatic carbocycles. The van der Waals surface area contributed by atoms with Gasteiger partial charge in [0.2, 0.25) is 0 Å². The lowest BCUT2D eigenvalue weighted by atomic mass is 10.0. The highest BCUT2D eigenvalue weighted by Crippen LogP contribution is 2.22. The van der Waals surface area contributed by atoms with Crippen molar-refractivity contribution in [1.29, 1.82) is 0 Å². The first kappa shape index (κ1) is 17.2. The van der Waals surface area contributed by atoms with Gasteiger partial charge in [-0.05, 0) is 66.3 Å². The fourth-order valence-electron chi connectivity index (χ4n) is 2.66. The Morgan fingerprint density at radius 1 is 0.875 bits per heavy atom. The molecule has 2 aromatic carbocycles. The first-order valence-electron chi connectivity index (χ1n) is 8.19. The van der Waals surface area contributed by atoms with Crippen LogP contribution in [-0.4, -0.2) is 13.7 Å². The van der Waals surface area contributed by atoms with Crippen molar-refractivity contribution in [3.63, 3.8) is 0 Å². The Balaban J connectivity index is 1.63. The molecule has 4 heteroatoms. The van der Waals surface area contributed by atoms with Crippen LogP contribution < -0.4 is 0 Å². The van der Waals surface area contributed by atoms with Crippen LogP contribution in [0.5, 0.6) is 0 Å². The summed E-state index contributed by atoms with van der Waals surface area (Å²) in [6, 6.07) is 16.8. The number of benzene rings is 2. The minimum absolute atomic E-state index is 0.125. The van der Waals surface area contributed by atoms with Crippen LogP contribution in [0.15, 0.2) is 53.9 Å². The van der Waals surface area contributed by atoms with Gasteiger partial charge in [0.1, 0.15) is 0 Å². The van der Waals surface area contributed by atoms with E-state index in [-0.39, 0.29) is 11.0 Å². The molecule has 0 amide bonds. The molecule has 3 aromatic rings. The van der Waals surface area contributed by atoms with Crippen LogP contribution in [0.2, 0.25) is 0 Å². The molecule has 0 saturated carbocycles. The molecule has 1 aromatic heterocycles. The lowest BCUT2D eigenvalue weighted by molar-refractivity contribution is 0.586. The predicted octanol–water partition coefficient (Wildman–Crippen LogP) is 5.01. The molecule has 0 saturated heterocycles. The van der Waals surface area contributed by atoms with Crippen LogP contribution in [0.4, 0.5) is 0 Å². The number of fused-ring (bicyclic) bond motifs is 1. The molecule has 0 aliphatic rings. The number of thiophene rings is 1. The van der Waals surface area contributed by atoms with Crippen molar-refractivity contribution in [1.82, 2.24) is 0 Å². The molecule has 126 valence electrons. The Hall–Kier alpha value is -1.65. The van der Waals surface area contributed by atoms with E-state index in [2.05, 4.69) is 29.6 Å². The summed E-state index contributed by atoms with van der Waals surface area (Å²) in [7, 11) is -3.03. The summed E-state index contributed by atoms with van der Waals surface area (Å²) in [4.78, 5) is 0. The summed E-state index contributed by atoms with van der Waals surface area (Å²) in [6.07, 6.45) is 1.96. The van der Waals surface area contributed by atoms with E-state index in [0.29, 0.717) is 0 Å². The molecular weight excluding hydrogens is 336 g/mol. The average Bonchev–Trinajstić information content (AvgIpc) is 3.01. The topological polar surface area (TPSA) is 34.1 Å². The van der Waals surface area contributed by atoms with Crippen molar-refractivity contribution in [2.75, 3.05) is 0 Å². The third-order valence-corrected chi connectivity index (χ3v) is 7.40. The van der Waals surface area contributed by atoms with Gasteiger partial charge in [-0.2, -0.15) is 0 Å². The van der Waals surface area contributed by atoms with Crippen molar-refractivity contribution in [2.45, 2.75) is 37.7 Å². The van der Waals surface area contributed by atoms with Gasteiger partial charge in [-0.1, -0.05) is 36.4 Å². The predicted molar refractivity (Wildman–Crippen MR) is 103 cm³/mol. The zero-order chi connectivity index (χ0) is 17.2. The summed E-state index contributed by atoms with van der Waals surface area (Å²) in [5.41, 5.74) is 3.45. The van der Waals surface area contributed by atoms with Crippen molar-refractivity contribution >= 4 is 31.3 Å². The Labute approximate surface area is 148 Å². The molecule has 0 radical (unpaired) electrons. The third-order valence-electron chi connectivity index (χ3n) is 4.33. The van der Waals surface area contributed by atoms with Crippen LogP contribution in [0.3, 0.4) is 0 Å². The smallest absolute Gasteiger partial charge is 0.156 e. The van der Waals surface area contributed by atoms with E-state index < -0.39 is 9.84 Å². The molecule has 0 unspecified atom stereocenters. The molecule has 0 atom stereocenters. The van der Waals surface area contributed by atoms with Crippen LogP contribution in [-0.2, 0) is 28.4 Å².